The van der Waals surface area contributed by atoms with Crippen LogP contribution in [-0.2, 0) is 29.0 Å². The number of rotatable bonds is 7. The van der Waals surface area contributed by atoms with Crippen molar-refractivity contribution in [2.24, 2.45) is 0 Å². The lowest BCUT2D eigenvalue weighted by Crippen LogP contribution is -2.40. The van der Waals surface area contributed by atoms with Crippen molar-refractivity contribution in [1.82, 2.24) is 20.2 Å². The maximum Gasteiger partial charge on any atom is 0.237 e. The van der Waals surface area contributed by atoms with Crippen molar-refractivity contribution in [3.05, 3.63) is 54.1 Å². The molecule has 0 saturated carbocycles. The first-order valence-electron chi connectivity index (χ1n) is 8.34. The van der Waals surface area contributed by atoms with E-state index in [-0.39, 0.29) is 18.1 Å². The molecule has 1 amide bonds. The van der Waals surface area contributed by atoms with Gasteiger partial charge < -0.3 is 19.9 Å². The van der Waals surface area contributed by atoms with Crippen molar-refractivity contribution in [2.75, 3.05) is 13.7 Å². The summed E-state index contributed by atoms with van der Waals surface area (Å²) in [5.74, 6) is 0.882. The summed E-state index contributed by atoms with van der Waals surface area (Å²) in [5.41, 5.74) is 1.29. The molecule has 2 N–H and O–H groups in total. The van der Waals surface area contributed by atoms with E-state index < -0.39 is 0 Å². The van der Waals surface area contributed by atoms with Gasteiger partial charge in [0.05, 0.1) is 18.7 Å². The number of imidazole rings is 1. The summed E-state index contributed by atoms with van der Waals surface area (Å²) in [6.45, 7) is 2.01. The molecule has 2 heterocycles. The molecule has 0 radical (unpaired) electrons. The van der Waals surface area contributed by atoms with Gasteiger partial charge in [-0.1, -0.05) is 30.3 Å². The van der Waals surface area contributed by atoms with Crippen molar-refractivity contribution in [2.45, 2.75) is 38.1 Å². The number of benzene rings is 1. The fourth-order valence-corrected chi connectivity index (χ4v) is 2.98. The highest BCUT2D eigenvalue weighted by Crippen LogP contribution is 2.10. The Morgan fingerprint density at radius 2 is 2.25 bits per heavy atom. The van der Waals surface area contributed by atoms with Crippen LogP contribution in [-0.4, -0.2) is 41.3 Å². The van der Waals surface area contributed by atoms with Gasteiger partial charge in [0.15, 0.2) is 0 Å². The van der Waals surface area contributed by atoms with Gasteiger partial charge in [0, 0.05) is 32.6 Å². The van der Waals surface area contributed by atoms with Gasteiger partial charge in [-0.3, -0.25) is 4.79 Å². The minimum atomic E-state index is -0.178. The lowest BCUT2D eigenvalue weighted by Gasteiger charge is -2.12. The van der Waals surface area contributed by atoms with Crippen LogP contribution in [0.2, 0.25) is 0 Å². The van der Waals surface area contributed by atoms with Gasteiger partial charge in [-0.25, -0.2) is 4.98 Å². The summed E-state index contributed by atoms with van der Waals surface area (Å²) in [4.78, 5) is 16.6. The number of hydrogen-bond donors (Lipinski definition) is 2. The van der Waals surface area contributed by atoms with Crippen LogP contribution >= 0.6 is 0 Å². The quantitative estimate of drug-likeness (QED) is 0.799. The number of methoxy groups -OCH3 is 1. The highest BCUT2D eigenvalue weighted by molar-refractivity contribution is 5.82. The Balaban J connectivity index is 1.49. The normalized spacial score (nSPS) is 20.2. The summed E-state index contributed by atoms with van der Waals surface area (Å²) >= 11 is 0. The highest BCUT2D eigenvalue weighted by atomic mass is 16.5. The van der Waals surface area contributed by atoms with Crippen LogP contribution in [0.5, 0.6) is 0 Å². The van der Waals surface area contributed by atoms with E-state index in [0.717, 1.165) is 25.3 Å². The molecule has 128 valence electrons. The summed E-state index contributed by atoms with van der Waals surface area (Å²) in [6, 6.07) is 10.2. The van der Waals surface area contributed by atoms with Crippen LogP contribution in [0.4, 0.5) is 0 Å². The SMILES string of the molecule is CO[C@@H]1CN[C@H](C(=O)NCc2nccn2CCc2ccccc2)C1. The molecule has 1 aliphatic heterocycles. The van der Waals surface area contributed by atoms with E-state index in [2.05, 4.69) is 32.3 Å². The molecule has 1 aromatic carbocycles. The van der Waals surface area contributed by atoms with Crippen molar-refractivity contribution >= 4 is 5.91 Å². The van der Waals surface area contributed by atoms with Crippen LogP contribution in [0.25, 0.3) is 0 Å². The molecule has 6 nitrogen and oxygen atoms in total. The average Bonchev–Trinajstić information content (AvgIpc) is 3.28. The number of ether oxygens (including phenoxy) is 1. The zero-order chi connectivity index (χ0) is 16.8. The number of aromatic nitrogens is 2. The van der Waals surface area contributed by atoms with E-state index in [1.54, 1.807) is 13.3 Å². The number of amides is 1. The third-order valence-electron chi connectivity index (χ3n) is 4.45. The first-order chi connectivity index (χ1) is 11.8. The lowest BCUT2D eigenvalue weighted by atomic mass is 10.1. The highest BCUT2D eigenvalue weighted by Gasteiger charge is 2.29. The Morgan fingerprint density at radius 3 is 3.00 bits per heavy atom. The number of carbonyl (C=O) groups excluding carboxylic acids is 1. The number of hydrogen-bond acceptors (Lipinski definition) is 4. The van der Waals surface area contributed by atoms with Gasteiger partial charge >= 0.3 is 0 Å². The molecule has 0 bridgehead atoms. The van der Waals surface area contributed by atoms with Crippen LogP contribution < -0.4 is 10.6 Å². The molecular formula is C18H24N4O2. The van der Waals surface area contributed by atoms with E-state index >= 15 is 0 Å². The molecular weight excluding hydrogens is 304 g/mol. The molecule has 0 unspecified atom stereocenters. The van der Waals surface area contributed by atoms with E-state index in [0.29, 0.717) is 13.0 Å². The molecule has 6 heteroatoms. The van der Waals surface area contributed by atoms with E-state index in [9.17, 15) is 4.79 Å². The fourth-order valence-electron chi connectivity index (χ4n) is 2.98. The van der Waals surface area contributed by atoms with Gasteiger partial charge in [0.2, 0.25) is 5.91 Å². The molecule has 0 aliphatic carbocycles. The van der Waals surface area contributed by atoms with E-state index in [1.165, 1.54) is 5.56 Å². The van der Waals surface area contributed by atoms with Crippen LogP contribution in [0.15, 0.2) is 42.7 Å². The van der Waals surface area contributed by atoms with Crippen molar-refractivity contribution in [3.63, 3.8) is 0 Å². The molecule has 1 aliphatic rings. The Bertz CT molecular complexity index is 656. The fraction of sp³-hybridized carbons (Fsp3) is 0.444. The van der Waals surface area contributed by atoms with Crippen molar-refractivity contribution in [1.29, 1.82) is 0 Å². The van der Waals surface area contributed by atoms with Crippen molar-refractivity contribution in [3.8, 4) is 0 Å². The zero-order valence-electron chi connectivity index (χ0n) is 13.9. The predicted molar refractivity (Wildman–Crippen MR) is 91.4 cm³/mol. The third kappa shape index (κ3) is 4.21. The van der Waals surface area contributed by atoms with Gasteiger partial charge in [-0.05, 0) is 18.4 Å². The van der Waals surface area contributed by atoms with Gasteiger partial charge in [0.1, 0.15) is 5.82 Å². The number of nitrogens with zero attached hydrogens (tertiary/aromatic N) is 2. The molecule has 2 atom stereocenters. The van der Waals surface area contributed by atoms with Crippen LogP contribution in [0, 0.1) is 0 Å². The standard InChI is InChI=1S/C18H24N4O2/c1-24-15-11-16(20-12-15)18(23)21-13-17-19-8-10-22(17)9-7-14-5-3-2-4-6-14/h2-6,8,10,15-16,20H,7,9,11-13H2,1H3,(H,21,23)/t15-,16-/m0/s1. The maximum absolute atomic E-state index is 12.2. The van der Waals surface area contributed by atoms with E-state index in [4.69, 9.17) is 4.74 Å². The van der Waals surface area contributed by atoms with Crippen LogP contribution in [0.3, 0.4) is 0 Å². The second kappa shape index (κ2) is 8.08. The largest absolute Gasteiger partial charge is 0.380 e. The Hall–Kier alpha value is -2.18. The number of aryl methyl sites for hydroxylation is 2. The molecule has 24 heavy (non-hydrogen) atoms. The molecule has 0 spiro atoms. The maximum atomic E-state index is 12.2. The predicted octanol–water partition coefficient (Wildman–Crippen LogP) is 1.12. The van der Waals surface area contributed by atoms with Crippen molar-refractivity contribution < 1.29 is 9.53 Å². The molecule has 2 aromatic rings. The first kappa shape index (κ1) is 16.7. The minimum absolute atomic E-state index is 0.00663. The monoisotopic (exact) mass is 328 g/mol. The second-order valence-electron chi connectivity index (χ2n) is 6.04. The molecule has 1 fully saturated rings. The smallest absolute Gasteiger partial charge is 0.237 e. The topological polar surface area (TPSA) is 68.2 Å². The average molecular weight is 328 g/mol. The second-order valence-corrected chi connectivity index (χ2v) is 6.04. The van der Waals surface area contributed by atoms with E-state index in [1.807, 2.05) is 24.4 Å². The lowest BCUT2D eigenvalue weighted by molar-refractivity contribution is -0.123. The van der Waals surface area contributed by atoms with Gasteiger partial charge in [0.25, 0.3) is 0 Å². The number of carbonyl (C=O) groups is 1. The summed E-state index contributed by atoms with van der Waals surface area (Å²) < 4.78 is 7.37. The Labute approximate surface area is 142 Å². The molecule has 1 aromatic heterocycles. The zero-order valence-corrected chi connectivity index (χ0v) is 13.9. The molecule has 3 rings (SSSR count). The van der Waals surface area contributed by atoms with Gasteiger partial charge in [-0.2, -0.15) is 0 Å². The summed E-state index contributed by atoms with van der Waals surface area (Å²) in [6.07, 6.45) is 5.51. The number of nitrogens with one attached hydrogen (secondary N) is 2. The van der Waals surface area contributed by atoms with Gasteiger partial charge in [-0.15, -0.1) is 0 Å². The third-order valence-corrected chi connectivity index (χ3v) is 4.45. The molecule has 1 saturated heterocycles. The Morgan fingerprint density at radius 1 is 1.42 bits per heavy atom. The minimum Gasteiger partial charge on any atom is -0.380 e. The summed E-state index contributed by atoms with van der Waals surface area (Å²) in [7, 11) is 1.68. The van der Waals surface area contributed by atoms with Crippen LogP contribution in [0.1, 0.15) is 17.8 Å². The summed E-state index contributed by atoms with van der Waals surface area (Å²) in [5, 5.41) is 6.15. The Kier molecular flexibility index (Phi) is 5.61. The first-order valence-corrected chi connectivity index (χ1v) is 8.34.